The van der Waals surface area contributed by atoms with Crippen molar-refractivity contribution in [2.24, 2.45) is 10.8 Å². The van der Waals surface area contributed by atoms with E-state index in [1.165, 1.54) is 5.56 Å². The van der Waals surface area contributed by atoms with E-state index in [1.807, 2.05) is 25.1 Å². The molecule has 0 aromatic heterocycles. The van der Waals surface area contributed by atoms with Crippen LogP contribution in [0, 0.1) is 17.8 Å². The molecule has 40 heavy (non-hydrogen) atoms. The van der Waals surface area contributed by atoms with Gasteiger partial charge in [0.15, 0.2) is 23.1 Å². The van der Waals surface area contributed by atoms with Crippen LogP contribution in [-0.2, 0) is 16.2 Å². The van der Waals surface area contributed by atoms with Crippen molar-refractivity contribution >= 4 is 11.6 Å². The number of benzene rings is 2. The predicted octanol–water partition coefficient (Wildman–Crippen LogP) is 7.68. The van der Waals surface area contributed by atoms with Gasteiger partial charge in [-0.05, 0) is 67.7 Å². The quantitative estimate of drug-likeness (QED) is 0.360. The molecule has 2 aromatic carbocycles. The molecule has 0 atom stereocenters. The van der Waals surface area contributed by atoms with E-state index in [1.54, 1.807) is 0 Å². The van der Waals surface area contributed by atoms with Gasteiger partial charge in [0.05, 0.1) is 6.61 Å². The summed E-state index contributed by atoms with van der Waals surface area (Å²) in [6, 6.07) is 14.3. The average molecular weight is 542 g/mol. The van der Waals surface area contributed by atoms with Gasteiger partial charge < -0.3 is 14.4 Å². The van der Waals surface area contributed by atoms with E-state index in [0.29, 0.717) is 37.6 Å². The number of Topliss-reactive ketones (excluding diaryl/α,β-unsaturated/α-hetero) is 2. The lowest BCUT2D eigenvalue weighted by Crippen LogP contribution is -2.44. The number of nitrogens with zero attached hydrogens (tertiary/aromatic N) is 1. The third-order valence-corrected chi connectivity index (χ3v) is 8.45. The highest BCUT2D eigenvalue weighted by Gasteiger charge is 2.48. The van der Waals surface area contributed by atoms with Gasteiger partial charge in [0.1, 0.15) is 6.61 Å². The van der Waals surface area contributed by atoms with Crippen LogP contribution in [0.1, 0.15) is 89.8 Å². The fraction of sp³-hybridized carbons (Fsp3) is 0.486. The number of rotatable bonds is 7. The van der Waals surface area contributed by atoms with Crippen molar-refractivity contribution in [1.29, 1.82) is 0 Å². The number of hydrogen-bond donors (Lipinski definition) is 0. The topological polar surface area (TPSA) is 55.8 Å². The van der Waals surface area contributed by atoms with Crippen LogP contribution < -0.4 is 9.47 Å². The monoisotopic (exact) mass is 541 g/mol. The normalized spacial score (nSPS) is 20.4. The van der Waals surface area contributed by atoms with E-state index >= 15 is 0 Å². The maximum Gasteiger partial charge on any atom is 0.162 e. The summed E-state index contributed by atoms with van der Waals surface area (Å²) in [5.74, 6) is 1.22. The molecule has 0 N–H and O–H groups in total. The van der Waals surface area contributed by atoms with Gasteiger partial charge in [-0.25, -0.2) is 0 Å². The summed E-state index contributed by atoms with van der Waals surface area (Å²) in [6.45, 7) is 16.5. The fourth-order valence-corrected chi connectivity index (χ4v) is 6.70. The van der Waals surface area contributed by atoms with Crippen molar-refractivity contribution in [3.63, 3.8) is 0 Å². The Morgan fingerprint density at radius 3 is 1.88 bits per heavy atom. The Morgan fingerprint density at radius 2 is 1.35 bits per heavy atom. The number of ether oxygens (including phenoxy) is 2. The van der Waals surface area contributed by atoms with Gasteiger partial charge in [-0.1, -0.05) is 63.6 Å². The number of allylic oxidation sites excluding steroid dienone is 4. The molecule has 5 heteroatoms. The zero-order valence-electron chi connectivity index (χ0n) is 25.1. The van der Waals surface area contributed by atoms with Gasteiger partial charge in [0, 0.05) is 47.8 Å². The van der Waals surface area contributed by atoms with E-state index in [2.05, 4.69) is 70.7 Å². The molecule has 2 aromatic rings. The molecule has 0 unspecified atom stereocenters. The van der Waals surface area contributed by atoms with Crippen molar-refractivity contribution in [3.8, 4) is 11.5 Å². The molecule has 1 aliphatic heterocycles. The second-order valence-electron chi connectivity index (χ2n) is 13.2. The van der Waals surface area contributed by atoms with Gasteiger partial charge in [0.25, 0.3) is 0 Å². The molecule has 0 radical (unpaired) electrons. The van der Waals surface area contributed by atoms with Gasteiger partial charge in [-0.15, -0.1) is 0 Å². The van der Waals surface area contributed by atoms with E-state index < -0.39 is 0 Å². The first-order chi connectivity index (χ1) is 18.9. The summed E-state index contributed by atoms with van der Waals surface area (Å²) < 4.78 is 12.3. The molecule has 5 nitrogen and oxygen atoms in total. The molecule has 0 fully saturated rings. The Hall–Kier alpha value is -3.34. The first kappa shape index (κ1) is 28.2. The lowest BCUT2D eigenvalue weighted by Gasteiger charge is -2.48. The number of aryl methyl sites for hydroxylation is 1. The zero-order chi connectivity index (χ0) is 28.8. The Labute approximate surface area is 239 Å². The van der Waals surface area contributed by atoms with E-state index in [0.717, 1.165) is 53.1 Å². The lowest BCUT2D eigenvalue weighted by molar-refractivity contribution is -0.119. The van der Waals surface area contributed by atoms with E-state index in [-0.39, 0.29) is 28.3 Å². The molecule has 0 bridgehead atoms. The van der Waals surface area contributed by atoms with Crippen LogP contribution in [0.5, 0.6) is 11.5 Å². The third kappa shape index (κ3) is 5.35. The molecular weight excluding hydrogens is 498 g/mol. The molecule has 212 valence electrons. The Kier molecular flexibility index (Phi) is 7.45. The van der Waals surface area contributed by atoms with Crippen LogP contribution in [0.15, 0.2) is 65.0 Å². The number of carbonyl (C=O) groups excluding carboxylic acids is 2. The molecule has 0 saturated carbocycles. The molecule has 2 aliphatic carbocycles. The van der Waals surface area contributed by atoms with Crippen molar-refractivity contribution in [3.05, 3.63) is 81.7 Å². The number of ketones is 2. The summed E-state index contributed by atoms with van der Waals surface area (Å²) in [7, 11) is 0. The average Bonchev–Trinajstić information content (AvgIpc) is 2.86. The maximum absolute atomic E-state index is 13.9. The lowest BCUT2D eigenvalue weighted by atomic mass is 9.63. The van der Waals surface area contributed by atoms with Gasteiger partial charge in [-0.2, -0.15) is 0 Å². The van der Waals surface area contributed by atoms with Crippen molar-refractivity contribution in [2.45, 2.75) is 86.7 Å². The summed E-state index contributed by atoms with van der Waals surface area (Å²) in [5.41, 5.74) is 6.75. The smallest absolute Gasteiger partial charge is 0.162 e. The van der Waals surface area contributed by atoms with Gasteiger partial charge >= 0.3 is 0 Å². The highest BCUT2D eigenvalue weighted by atomic mass is 16.5. The Morgan fingerprint density at radius 1 is 0.775 bits per heavy atom. The van der Waals surface area contributed by atoms with Crippen LogP contribution >= 0.6 is 0 Å². The zero-order valence-corrected chi connectivity index (χ0v) is 25.1. The van der Waals surface area contributed by atoms with E-state index in [4.69, 9.17) is 9.47 Å². The van der Waals surface area contributed by atoms with Crippen molar-refractivity contribution in [1.82, 2.24) is 4.90 Å². The fourth-order valence-electron chi connectivity index (χ4n) is 6.70. The molecule has 5 rings (SSSR count). The van der Waals surface area contributed by atoms with Crippen molar-refractivity contribution in [2.75, 3.05) is 13.2 Å². The Bertz CT molecular complexity index is 1340. The highest BCUT2D eigenvalue weighted by molar-refractivity contribution is 6.06. The standard InChI is InChI=1S/C35H43NO4/c1-8-36-25-17-34(4,5)19-27(37)32(25)31(33-26(36)18-35(6,7)20-28(33)38)24-14-15-29(30(16-24)39-9-2)40-21-23-12-10-22(3)11-13-23/h10-16,31H,8-9,17-21H2,1-7H3. The minimum absolute atomic E-state index is 0.121. The SMILES string of the molecule is CCOc1cc(C2C3=C(CC(C)(C)CC3=O)N(CC)C3=C2C(=O)CC(C)(C)C3)ccc1OCc1ccc(C)cc1. The minimum Gasteiger partial charge on any atom is -0.490 e. The summed E-state index contributed by atoms with van der Waals surface area (Å²) in [4.78, 5) is 30.1. The summed E-state index contributed by atoms with van der Waals surface area (Å²) >= 11 is 0. The second-order valence-corrected chi connectivity index (χ2v) is 13.2. The van der Waals surface area contributed by atoms with Crippen LogP contribution in [0.4, 0.5) is 0 Å². The highest BCUT2D eigenvalue weighted by Crippen LogP contribution is 2.54. The number of carbonyl (C=O) groups is 2. The van der Waals surface area contributed by atoms with Crippen LogP contribution in [0.25, 0.3) is 0 Å². The largest absolute Gasteiger partial charge is 0.490 e. The molecule has 1 heterocycles. The molecule has 0 amide bonds. The molecule has 0 saturated heterocycles. The first-order valence-electron chi connectivity index (χ1n) is 14.7. The second kappa shape index (κ2) is 10.6. The number of hydrogen-bond acceptors (Lipinski definition) is 5. The summed E-state index contributed by atoms with van der Waals surface area (Å²) in [6.07, 6.45) is 2.61. The predicted molar refractivity (Wildman–Crippen MR) is 158 cm³/mol. The Balaban J connectivity index is 1.61. The third-order valence-electron chi connectivity index (χ3n) is 8.45. The van der Waals surface area contributed by atoms with Crippen LogP contribution in [0.3, 0.4) is 0 Å². The van der Waals surface area contributed by atoms with Crippen LogP contribution in [0.2, 0.25) is 0 Å². The van der Waals surface area contributed by atoms with Crippen molar-refractivity contribution < 1.29 is 19.1 Å². The maximum atomic E-state index is 13.9. The summed E-state index contributed by atoms with van der Waals surface area (Å²) in [5, 5.41) is 0. The van der Waals surface area contributed by atoms with Crippen LogP contribution in [-0.4, -0.2) is 29.6 Å². The molecular formula is C35H43NO4. The van der Waals surface area contributed by atoms with Gasteiger partial charge in [0.2, 0.25) is 0 Å². The van der Waals surface area contributed by atoms with Gasteiger partial charge in [-0.3, -0.25) is 9.59 Å². The first-order valence-corrected chi connectivity index (χ1v) is 14.7. The van der Waals surface area contributed by atoms with E-state index in [9.17, 15) is 9.59 Å². The minimum atomic E-state index is -0.384. The molecule has 0 spiro atoms. The molecule has 3 aliphatic rings.